The maximum absolute atomic E-state index is 13.0. The molecule has 1 unspecified atom stereocenters. The maximum Gasteiger partial charge on any atom is 0.338 e. The maximum atomic E-state index is 13.0. The van der Waals surface area contributed by atoms with E-state index in [4.69, 9.17) is 21.4 Å². The third-order valence-corrected chi connectivity index (χ3v) is 6.47. The Morgan fingerprint density at radius 3 is 2.69 bits per heavy atom. The molecule has 4 rings (SSSR count). The van der Waals surface area contributed by atoms with Crippen LogP contribution in [0.15, 0.2) is 71.0 Å². The van der Waals surface area contributed by atoms with Gasteiger partial charge in [-0.05, 0) is 30.5 Å². The second-order valence-corrected chi connectivity index (χ2v) is 8.86. The predicted molar refractivity (Wildman–Crippen MR) is 128 cm³/mol. The first kappa shape index (κ1) is 22.4. The average molecular weight is 469 g/mol. The zero-order chi connectivity index (χ0) is 22.5. The van der Waals surface area contributed by atoms with Crippen LogP contribution in [0.5, 0.6) is 0 Å². The molecule has 1 aliphatic rings. The number of anilines is 1. The summed E-state index contributed by atoms with van der Waals surface area (Å²) < 4.78 is 7.34. The quantitative estimate of drug-likeness (QED) is 0.254. The summed E-state index contributed by atoms with van der Waals surface area (Å²) in [6.45, 7) is 4.34. The molecular formula is C24H25ClN4O2S. The van der Waals surface area contributed by atoms with E-state index in [-0.39, 0.29) is 5.97 Å². The number of rotatable bonds is 8. The van der Waals surface area contributed by atoms with E-state index in [1.165, 1.54) is 11.8 Å². The molecule has 2 heterocycles. The van der Waals surface area contributed by atoms with Gasteiger partial charge in [-0.3, -0.25) is 0 Å². The fourth-order valence-electron chi connectivity index (χ4n) is 3.55. The van der Waals surface area contributed by atoms with Crippen LogP contribution >= 0.6 is 23.4 Å². The van der Waals surface area contributed by atoms with Crippen LogP contribution in [0.4, 0.5) is 5.95 Å². The van der Waals surface area contributed by atoms with E-state index in [1.807, 2.05) is 61.5 Å². The number of halogens is 1. The molecule has 1 N–H and O–H groups in total. The Hall–Kier alpha value is -2.77. The van der Waals surface area contributed by atoms with Gasteiger partial charge in [-0.2, -0.15) is 4.98 Å². The van der Waals surface area contributed by atoms with Gasteiger partial charge in [0.2, 0.25) is 11.1 Å². The highest BCUT2D eigenvalue weighted by Gasteiger charge is 2.35. The summed E-state index contributed by atoms with van der Waals surface area (Å²) in [5.41, 5.74) is 3.24. The first-order chi connectivity index (χ1) is 15.6. The van der Waals surface area contributed by atoms with Crippen LogP contribution in [0.25, 0.3) is 0 Å². The van der Waals surface area contributed by atoms with Crippen LogP contribution < -0.4 is 5.32 Å². The Bertz CT molecular complexity index is 1130. The molecule has 0 radical (unpaired) electrons. The third kappa shape index (κ3) is 4.84. The predicted octanol–water partition coefficient (Wildman–Crippen LogP) is 5.86. The van der Waals surface area contributed by atoms with E-state index in [9.17, 15) is 4.79 Å². The Morgan fingerprint density at radius 2 is 1.94 bits per heavy atom. The molecule has 0 spiro atoms. The molecule has 3 aromatic rings. The molecular weight excluding hydrogens is 444 g/mol. The van der Waals surface area contributed by atoms with Gasteiger partial charge in [0.1, 0.15) is 6.04 Å². The molecule has 6 nitrogen and oxygen atoms in total. The van der Waals surface area contributed by atoms with E-state index in [2.05, 4.69) is 17.2 Å². The van der Waals surface area contributed by atoms with E-state index >= 15 is 0 Å². The van der Waals surface area contributed by atoms with Crippen LogP contribution in [0.1, 0.15) is 43.9 Å². The number of aromatic nitrogens is 3. The lowest BCUT2D eigenvalue weighted by molar-refractivity contribution is -0.139. The van der Waals surface area contributed by atoms with Crippen molar-refractivity contribution < 1.29 is 9.53 Å². The number of hydrogen-bond donors (Lipinski definition) is 1. The number of ether oxygens (including phenoxy) is 1. The minimum atomic E-state index is -0.413. The van der Waals surface area contributed by atoms with Crippen molar-refractivity contribution in [2.24, 2.45) is 0 Å². The van der Waals surface area contributed by atoms with Gasteiger partial charge in [-0.1, -0.05) is 85.2 Å². The van der Waals surface area contributed by atoms with E-state index in [0.717, 1.165) is 34.7 Å². The standard InChI is InChI=1S/C24H25ClN4O2S/c1-3-4-14-31-22(30)20-16(2)26-23-27-24(32-15-18-12-8-9-13-19(18)25)28-29(23)21(20)17-10-6-5-7-11-17/h5-13,21H,3-4,14-15H2,1-2H3,(H,26,27,28). The topological polar surface area (TPSA) is 69.0 Å². The van der Waals surface area contributed by atoms with Gasteiger partial charge in [0.05, 0.1) is 12.2 Å². The molecule has 0 bridgehead atoms. The fourth-order valence-corrected chi connectivity index (χ4v) is 4.66. The molecule has 166 valence electrons. The molecule has 2 aromatic carbocycles. The van der Waals surface area contributed by atoms with Crippen molar-refractivity contribution in [3.8, 4) is 0 Å². The molecule has 0 aliphatic carbocycles. The SMILES string of the molecule is CCCCOC(=O)C1=C(C)Nc2nc(SCc3ccccc3Cl)nn2C1c1ccccc1. The Kier molecular flexibility index (Phi) is 7.17. The summed E-state index contributed by atoms with van der Waals surface area (Å²) in [7, 11) is 0. The lowest BCUT2D eigenvalue weighted by Gasteiger charge is -2.28. The Labute approximate surface area is 197 Å². The van der Waals surface area contributed by atoms with Crippen LogP contribution in [0.3, 0.4) is 0 Å². The number of nitrogens with one attached hydrogen (secondary N) is 1. The summed E-state index contributed by atoms with van der Waals surface area (Å²) in [6.07, 6.45) is 1.80. The summed E-state index contributed by atoms with van der Waals surface area (Å²) in [5.74, 6) is 0.920. The summed E-state index contributed by atoms with van der Waals surface area (Å²) in [5, 5.41) is 9.31. The van der Waals surface area contributed by atoms with E-state index in [1.54, 1.807) is 4.68 Å². The largest absolute Gasteiger partial charge is 0.462 e. The average Bonchev–Trinajstić information content (AvgIpc) is 3.20. The number of thioether (sulfide) groups is 1. The second kappa shape index (κ2) is 10.2. The zero-order valence-electron chi connectivity index (χ0n) is 18.0. The highest BCUT2D eigenvalue weighted by molar-refractivity contribution is 7.98. The van der Waals surface area contributed by atoms with Gasteiger partial charge in [0.25, 0.3) is 0 Å². The summed E-state index contributed by atoms with van der Waals surface area (Å²) >= 11 is 7.79. The molecule has 1 aromatic heterocycles. The number of esters is 1. The number of allylic oxidation sites excluding steroid dienone is 1. The van der Waals surface area contributed by atoms with Crippen molar-refractivity contribution in [2.45, 2.75) is 43.6 Å². The van der Waals surface area contributed by atoms with Gasteiger partial charge in [0.15, 0.2) is 0 Å². The van der Waals surface area contributed by atoms with Gasteiger partial charge in [-0.25, -0.2) is 9.48 Å². The Morgan fingerprint density at radius 1 is 1.19 bits per heavy atom. The molecule has 8 heteroatoms. The summed E-state index contributed by atoms with van der Waals surface area (Å²) in [6, 6.07) is 17.2. The van der Waals surface area contributed by atoms with Crippen molar-refractivity contribution >= 4 is 35.3 Å². The number of hydrogen-bond acceptors (Lipinski definition) is 6. The third-order valence-electron chi connectivity index (χ3n) is 5.21. The van der Waals surface area contributed by atoms with E-state index < -0.39 is 6.04 Å². The molecule has 32 heavy (non-hydrogen) atoms. The van der Waals surface area contributed by atoms with Crippen molar-refractivity contribution in [1.29, 1.82) is 0 Å². The minimum absolute atomic E-state index is 0.330. The van der Waals surface area contributed by atoms with Crippen LogP contribution in [-0.4, -0.2) is 27.3 Å². The first-order valence-corrected chi connectivity index (χ1v) is 12.0. The molecule has 0 saturated heterocycles. The monoisotopic (exact) mass is 468 g/mol. The van der Waals surface area contributed by atoms with Crippen molar-refractivity contribution in [2.75, 3.05) is 11.9 Å². The molecule has 0 amide bonds. The minimum Gasteiger partial charge on any atom is -0.462 e. The highest BCUT2D eigenvalue weighted by atomic mass is 35.5. The second-order valence-electron chi connectivity index (χ2n) is 7.51. The van der Waals surface area contributed by atoms with Crippen molar-refractivity contribution in [1.82, 2.24) is 14.8 Å². The van der Waals surface area contributed by atoms with Crippen LogP contribution in [0, 0.1) is 0 Å². The number of fused-ring (bicyclic) bond motifs is 1. The first-order valence-electron chi connectivity index (χ1n) is 10.6. The van der Waals surface area contributed by atoms with Crippen LogP contribution in [0.2, 0.25) is 5.02 Å². The fraction of sp³-hybridized carbons (Fsp3) is 0.292. The van der Waals surface area contributed by atoms with Crippen LogP contribution in [-0.2, 0) is 15.3 Å². The lowest BCUT2D eigenvalue weighted by Crippen LogP contribution is -2.29. The van der Waals surface area contributed by atoms with Gasteiger partial charge in [-0.15, -0.1) is 5.10 Å². The zero-order valence-corrected chi connectivity index (χ0v) is 19.6. The Balaban J connectivity index is 1.64. The number of benzene rings is 2. The number of carbonyl (C=O) groups excluding carboxylic acids is 1. The smallest absolute Gasteiger partial charge is 0.338 e. The number of nitrogens with zero attached hydrogens (tertiary/aromatic N) is 3. The molecule has 0 fully saturated rings. The van der Waals surface area contributed by atoms with E-state index in [0.29, 0.717) is 29.0 Å². The normalized spacial score (nSPS) is 15.3. The number of unbranched alkanes of at least 4 members (excludes halogenated alkanes) is 1. The lowest BCUT2D eigenvalue weighted by atomic mass is 9.96. The van der Waals surface area contributed by atoms with Crippen molar-refractivity contribution in [3.63, 3.8) is 0 Å². The highest BCUT2D eigenvalue weighted by Crippen LogP contribution is 2.37. The van der Waals surface area contributed by atoms with Gasteiger partial charge in [0, 0.05) is 16.5 Å². The summed E-state index contributed by atoms with van der Waals surface area (Å²) in [4.78, 5) is 17.7. The molecule has 1 aliphatic heterocycles. The number of carbonyl (C=O) groups is 1. The van der Waals surface area contributed by atoms with Gasteiger partial charge >= 0.3 is 5.97 Å². The molecule has 0 saturated carbocycles. The molecule has 1 atom stereocenters. The van der Waals surface area contributed by atoms with Gasteiger partial charge < -0.3 is 10.1 Å². The van der Waals surface area contributed by atoms with Crippen molar-refractivity contribution in [3.05, 3.63) is 82.0 Å².